The third-order valence-electron chi connectivity index (χ3n) is 4.79. The molecule has 0 unspecified atom stereocenters. The van der Waals surface area contributed by atoms with Crippen LogP contribution in [0, 0.1) is 5.92 Å². The van der Waals surface area contributed by atoms with Crippen LogP contribution >= 0.6 is 0 Å². The highest BCUT2D eigenvalue weighted by Crippen LogP contribution is 2.51. The molecule has 0 N–H and O–H groups in total. The summed E-state index contributed by atoms with van der Waals surface area (Å²) in [7, 11) is 0.428. The van der Waals surface area contributed by atoms with E-state index in [2.05, 4.69) is 67.7 Å². The van der Waals surface area contributed by atoms with Crippen LogP contribution in [0.2, 0.25) is 19.1 Å². The highest BCUT2D eigenvalue weighted by molar-refractivity contribution is 6.89. The smallest absolute Gasteiger partial charge is 0.118 e. The van der Waals surface area contributed by atoms with Crippen molar-refractivity contribution in [3.63, 3.8) is 0 Å². The molecule has 0 aromatic heterocycles. The number of hydrogen-bond acceptors (Lipinski definition) is 1. The normalized spacial score (nSPS) is 21.1. The molecule has 0 aliphatic heterocycles. The van der Waals surface area contributed by atoms with Crippen LogP contribution in [0.25, 0.3) is 0 Å². The van der Waals surface area contributed by atoms with Gasteiger partial charge in [0.15, 0.2) is 0 Å². The molecule has 1 saturated carbocycles. The minimum Gasteiger partial charge on any atom is -0.497 e. The van der Waals surface area contributed by atoms with Crippen molar-refractivity contribution in [3.05, 3.63) is 60.2 Å². The Morgan fingerprint density at radius 2 is 1.67 bits per heavy atom. The second-order valence-electron chi connectivity index (χ2n) is 6.83. The van der Waals surface area contributed by atoms with E-state index in [-0.39, 0.29) is 0 Å². The van der Waals surface area contributed by atoms with Gasteiger partial charge < -0.3 is 4.74 Å². The van der Waals surface area contributed by atoms with Gasteiger partial charge in [-0.05, 0) is 36.0 Å². The molecule has 0 spiro atoms. The summed E-state index contributed by atoms with van der Waals surface area (Å²) < 4.78 is 5.24. The van der Waals surface area contributed by atoms with E-state index in [0.29, 0.717) is 0 Å². The fraction of sp³-hybridized carbons (Fsp3) is 0.368. The van der Waals surface area contributed by atoms with Crippen LogP contribution in [-0.4, -0.2) is 15.2 Å². The zero-order valence-electron chi connectivity index (χ0n) is 13.2. The summed E-state index contributed by atoms with van der Waals surface area (Å²) in [6.07, 6.45) is 1.36. The van der Waals surface area contributed by atoms with Gasteiger partial charge in [0.05, 0.1) is 15.2 Å². The SMILES string of the molecule is COc1ccc([C@H]2C[C@H]2C[Si](C)(C)c2ccccc2)cc1. The van der Waals surface area contributed by atoms with Crippen molar-refractivity contribution in [2.75, 3.05) is 7.11 Å². The van der Waals surface area contributed by atoms with Gasteiger partial charge in [0.25, 0.3) is 0 Å². The number of hydrogen-bond donors (Lipinski definition) is 0. The van der Waals surface area contributed by atoms with Crippen molar-refractivity contribution in [1.29, 1.82) is 0 Å². The average molecular weight is 296 g/mol. The summed E-state index contributed by atoms with van der Waals surface area (Å²) in [5.74, 6) is 2.60. The van der Waals surface area contributed by atoms with Gasteiger partial charge in [0.1, 0.15) is 5.75 Å². The van der Waals surface area contributed by atoms with Crippen molar-refractivity contribution >= 4 is 13.3 Å². The van der Waals surface area contributed by atoms with Gasteiger partial charge in [-0.1, -0.05) is 66.8 Å². The summed E-state index contributed by atoms with van der Waals surface area (Å²) in [6, 6.07) is 21.2. The fourth-order valence-corrected chi connectivity index (χ4v) is 6.49. The maximum atomic E-state index is 5.24. The molecule has 2 heteroatoms. The molecule has 2 aromatic rings. The predicted octanol–water partition coefficient (Wildman–Crippen LogP) is 4.41. The monoisotopic (exact) mass is 296 g/mol. The molecule has 0 amide bonds. The number of rotatable bonds is 5. The van der Waals surface area contributed by atoms with Gasteiger partial charge in [-0.2, -0.15) is 0 Å². The molecule has 0 saturated heterocycles. The molecular weight excluding hydrogens is 272 g/mol. The second kappa shape index (κ2) is 5.68. The lowest BCUT2D eigenvalue weighted by Gasteiger charge is -2.23. The van der Waals surface area contributed by atoms with Crippen LogP contribution < -0.4 is 9.92 Å². The predicted molar refractivity (Wildman–Crippen MR) is 92.2 cm³/mol. The first-order valence-corrected chi connectivity index (χ1v) is 11.0. The summed E-state index contributed by atoms with van der Waals surface area (Å²) >= 11 is 0. The largest absolute Gasteiger partial charge is 0.497 e. The number of benzene rings is 2. The van der Waals surface area contributed by atoms with E-state index in [4.69, 9.17) is 4.74 Å². The van der Waals surface area contributed by atoms with Gasteiger partial charge in [0.2, 0.25) is 0 Å². The van der Waals surface area contributed by atoms with Crippen LogP contribution in [0.1, 0.15) is 17.9 Å². The molecule has 1 aliphatic rings. The summed E-state index contributed by atoms with van der Waals surface area (Å²) in [5.41, 5.74) is 1.48. The molecule has 2 atom stereocenters. The summed E-state index contributed by atoms with van der Waals surface area (Å²) in [6.45, 7) is 5.01. The van der Waals surface area contributed by atoms with Crippen LogP contribution in [0.5, 0.6) is 5.75 Å². The standard InChI is InChI=1S/C19H24OSi/c1-20-17-11-9-15(10-12-17)19-13-16(19)14-21(2,3)18-7-5-4-6-8-18/h4-12,16,19H,13-14H2,1-3H3/t16-,19+/m0/s1. The Balaban J connectivity index is 1.65. The molecule has 1 fully saturated rings. The van der Waals surface area contributed by atoms with Gasteiger partial charge in [-0.15, -0.1) is 0 Å². The first kappa shape index (κ1) is 14.4. The zero-order chi connectivity index (χ0) is 14.9. The van der Waals surface area contributed by atoms with E-state index in [1.165, 1.54) is 18.0 Å². The molecule has 1 aliphatic carbocycles. The molecule has 3 rings (SSSR count). The fourth-order valence-electron chi connectivity index (χ4n) is 3.40. The molecule has 0 radical (unpaired) electrons. The van der Waals surface area contributed by atoms with E-state index in [0.717, 1.165) is 17.6 Å². The summed E-state index contributed by atoms with van der Waals surface area (Å²) in [5, 5.41) is 1.59. The summed E-state index contributed by atoms with van der Waals surface area (Å²) in [4.78, 5) is 0. The molecule has 2 aromatic carbocycles. The lowest BCUT2D eigenvalue weighted by Crippen LogP contribution is -2.41. The third kappa shape index (κ3) is 3.21. The minimum absolute atomic E-state index is 0.770. The van der Waals surface area contributed by atoms with E-state index in [1.807, 2.05) is 0 Å². The molecule has 0 heterocycles. The lowest BCUT2D eigenvalue weighted by molar-refractivity contribution is 0.414. The highest BCUT2D eigenvalue weighted by Gasteiger charge is 2.42. The van der Waals surface area contributed by atoms with Gasteiger partial charge in [0, 0.05) is 0 Å². The zero-order valence-corrected chi connectivity index (χ0v) is 14.2. The van der Waals surface area contributed by atoms with Gasteiger partial charge in [-0.25, -0.2) is 0 Å². The van der Waals surface area contributed by atoms with Crippen molar-refractivity contribution in [1.82, 2.24) is 0 Å². The molecule has 110 valence electrons. The first-order valence-electron chi connectivity index (χ1n) is 7.79. The average Bonchev–Trinajstić information content (AvgIpc) is 3.26. The third-order valence-corrected chi connectivity index (χ3v) is 8.24. The van der Waals surface area contributed by atoms with Crippen molar-refractivity contribution in [2.45, 2.75) is 31.5 Å². The van der Waals surface area contributed by atoms with E-state index >= 15 is 0 Å². The molecular formula is C19H24OSi. The Bertz CT molecular complexity index is 589. The Morgan fingerprint density at radius 1 is 1.00 bits per heavy atom. The minimum atomic E-state index is -1.30. The van der Waals surface area contributed by atoms with E-state index in [1.54, 1.807) is 12.3 Å². The van der Waals surface area contributed by atoms with Gasteiger partial charge in [-0.3, -0.25) is 0 Å². The van der Waals surface area contributed by atoms with Crippen molar-refractivity contribution in [2.24, 2.45) is 5.92 Å². The van der Waals surface area contributed by atoms with Gasteiger partial charge >= 0.3 is 0 Å². The second-order valence-corrected chi connectivity index (χ2v) is 11.6. The Hall–Kier alpha value is -1.54. The molecule has 0 bridgehead atoms. The topological polar surface area (TPSA) is 9.23 Å². The molecule has 21 heavy (non-hydrogen) atoms. The quantitative estimate of drug-likeness (QED) is 0.742. The van der Waals surface area contributed by atoms with Crippen LogP contribution in [-0.2, 0) is 0 Å². The number of methoxy groups -OCH3 is 1. The Kier molecular flexibility index (Phi) is 3.90. The number of ether oxygens (including phenoxy) is 1. The van der Waals surface area contributed by atoms with Crippen molar-refractivity contribution in [3.8, 4) is 5.75 Å². The maximum absolute atomic E-state index is 5.24. The van der Waals surface area contributed by atoms with Crippen LogP contribution in [0.15, 0.2) is 54.6 Å². The molecule has 1 nitrogen and oxygen atoms in total. The van der Waals surface area contributed by atoms with E-state index < -0.39 is 8.07 Å². The van der Waals surface area contributed by atoms with Crippen LogP contribution in [0.4, 0.5) is 0 Å². The van der Waals surface area contributed by atoms with Crippen molar-refractivity contribution < 1.29 is 4.74 Å². The highest BCUT2D eigenvalue weighted by atomic mass is 28.3. The maximum Gasteiger partial charge on any atom is 0.118 e. The lowest BCUT2D eigenvalue weighted by atomic mass is 10.1. The Labute approximate surface area is 129 Å². The van der Waals surface area contributed by atoms with E-state index in [9.17, 15) is 0 Å². The van der Waals surface area contributed by atoms with Crippen LogP contribution in [0.3, 0.4) is 0 Å². The Morgan fingerprint density at radius 3 is 2.29 bits per heavy atom. The first-order chi connectivity index (χ1) is 10.1.